The molecule has 0 bridgehead atoms. The van der Waals surface area contributed by atoms with Gasteiger partial charge in [-0.2, -0.15) is 0 Å². The molecular weight excluding hydrogens is 170 g/mol. The molecule has 0 aliphatic heterocycles. The quantitative estimate of drug-likeness (QED) is 0.503. The van der Waals surface area contributed by atoms with E-state index in [1.54, 1.807) is 7.11 Å². The first-order chi connectivity index (χ1) is 5.31. The Labute approximate surface area is 80.7 Å². The summed E-state index contributed by atoms with van der Waals surface area (Å²) < 4.78 is 4.69. The van der Waals surface area contributed by atoms with Gasteiger partial charge in [0.05, 0.1) is 6.61 Å². The van der Waals surface area contributed by atoms with E-state index in [-0.39, 0.29) is 20.8 Å². The van der Waals surface area contributed by atoms with E-state index in [1.807, 2.05) is 0 Å². The highest BCUT2D eigenvalue weighted by Crippen LogP contribution is 1.80. The second kappa shape index (κ2) is 13.7. The van der Waals surface area contributed by atoms with Gasteiger partial charge < -0.3 is 14.8 Å². The molecule has 0 saturated heterocycles. The first-order valence-corrected chi connectivity index (χ1v) is 3.50. The van der Waals surface area contributed by atoms with Gasteiger partial charge in [0.15, 0.2) is 0 Å². The molecule has 0 saturated carbocycles. The fourth-order valence-corrected chi connectivity index (χ4v) is 0.554. The van der Waals surface area contributed by atoms with Crippen molar-refractivity contribution in [2.24, 2.45) is 0 Å². The van der Waals surface area contributed by atoms with Gasteiger partial charge >= 0.3 is 0 Å². The summed E-state index contributed by atoms with van der Waals surface area (Å²) in [4.78, 5) is 20.6. The number of nitrogens with one attached hydrogen (secondary N) is 1. The predicted octanol–water partition coefficient (Wildman–Crippen LogP) is 1.00. The van der Waals surface area contributed by atoms with Gasteiger partial charge in [0.25, 0.3) is 0 Å². The highest BCUT2D eigenvalue weighted by Gasteiger charge is 1.97. The van der Waals surface area contributed by atoms with Crippen LogP contribution in [0, 0.1) is 0 Å². The van der Waals surface area contributed by atoms with Crippen LogP contribution < -0.4 is 5.32 Å². The fraction of sp³-hybridized carbons (Fsp3) is 0.778. The van der Waals surface area contributed by atoms with Gasteiger partial charge in [0, 0.05) is 26.5 Å². The van der Waals surface area contributed by atoms with Crippen LogP contribution in [0.25, 0.3) is 0 Å². The summed E-state index contributed by atoms with van der Waals surface area (Å²) >= 11 is 0. The van der Waals surface area contributed by atoms with Crippen molar-refractivity contribution in [2.45, 2.75) is 27.7 Å². The molecular formula is C9H21NO3. The summed E-state index contributed by atoms with van der Waals surface area (Å²) in [6, 6.07) is 0. The molecule has 0 aromatic rings. The van der Waals surface area contributed by atoms with Crippen molar-refractivity contribution in [3.8, 4) is 0 Å². The lowest BCUT2D eigenvalue weighted by atomic mass is 10.4. The summed E-state index contributed by atoms with van der Waals surface area (Å²) in [5.41, 5.74) is 0. The number of aldehydes is 1. The van der Waals surface area contributed by atoms with E-state index in [1.165, 1.54) is 0 Å². The number of hydrogen-bond acceptors (Lipinski definition) is 3. The zero-order valence-electron chi connectivity index (χ0n) is 6.63. The Morgan fingerprint density at radius 1 is 1.46 bits per heavy atom. The van der Waals surface area contributed by atoms with E-state index in [4.69, 9.17) is 0 Å². The topological polar surface area (TPSA) is 55.4 Å². The Hall–Kier alpha value is -0.900. The summed E-state index contributed by atoms with van der Waals surface area (Å²) in [7, 11) is 1.54. The number of ether oxygens (including phenoxy) is 1. The van der Waals surface area contributed by atoms with E-state index >= 15 is 0 Å². The third-order valence-corrected chi connectivity index (χ3v) is 1.12. The van der Waals surface area contributed by atoms with E-state index in [0.29, 0.717) is 26.0 Å². The molecule has 0 rings (SSSR count). The number of methoxy groups -OCH3 is 1. The van der Waals surface area contributed by atoms with Crippen LogP contribution >= 0.6 is 0 Å². The van der Waals surface area contributed by atoms with Crippen molar-refractivity contribution in [1.29, 1.82) is 0 Å². The van der Waals surface area contributed by atoms with Gasteiger partial charge in [0.1, 0.15) is 6.29 Å². The number of amides is 1. The Kier molecular flexibility index (Phi) is 18.9. The monoisotopic (exact) mass is 191 g/mol. The average molecular weight is 191 g/mol. The lowest BCUT2D eigenvalue weighted by molar-refractivity contribution is -0.121. The SMILES string of the molecule is C.C.COCCC(=O)NCCC=O. The summed E-state index contributed by atoms with van der Waals surface area (Å²) in [5.74, 6) is -0.0753. The molecule has 0 fully saturated rings. The van der Waals surface area contributed by atoms with Crippen LogP contribution in [-0.4, -0.2) is 32.5 Å². The molecule has 0 aliphatic rings. The Balaban J connectivity index is -0.000000500. The maximum Gasteiger partial charge on any atom is 0.222 e. The smallest absolute Gasteiger partial charge is 0.222 e. The fourth-order valence-electron chi connectivity index (χ4n) is 0.554. The molecule has 1 amide bonds. The Morgan fingerprint density at radius 2 is 2.08 bits per heavy atom. The second-order valence-corrected chi connectivity index (χ2v) is 2.05. The number of rotatable bonds is 6. The minimum atomic E-state index is -0.0753. The van der Waals surface area contributed by atoms with Gasteiger partial charge in [-0.25, -0.2) is 0 Å². The third kappa shape index (κ3) is 14.0. The van der Waals surface area contributed by atoms with Crippen molar-refractivity contribution in [3.05, 3.63) is 0 Å². The van der Waals surface area contributed by atoms with Crippen molar-refractivity contribution >= 4 is 12.2 Å². The predicted molar refractivity (Wildman–Crippen MR) is 53.6 cm³/mol. The van der Waals surface area contributed by atoms with Crippen LogP contribution in [0.15, 0.2) is 0 Å². The molecule has 0 spiro atoms. The zero-order chi connectivity index (χ0) is 8.53. The number of carbonyl (C=O) groups excluding carboxylic acids is 2. The number of carbonyl (C=O) groups is 2. The molecule has 0 aromatic carbocycles. The summed E-state index contributed by atoms with van der Waals surface area (Å²) in [6.45, 7) is 0.846. The Morgan fingerprint density at radius 3 is 2.54 bits per heavy atom. The van der Waals surface area contributed by atoms with Gasteiger partial charge in [-0.1, -0.05) is 14.9 Å². The number of hydrogen-bond donors (Lipinski definition) is 1. The van der Waals surface area contributed by atoms with E-state index in [2.05, 4.69) is 10.1 Å². The normalized spacial score (nSPS) is 7.77. The van der Waals surface area contributed by atoms with E-state index in [0.717, 1.165) is 6.29 Å². The van der Waals surface area contributed by atoms with Crippen LogP contribution in [-0.2, 0) is 14.3 Å². The van der Waals surface area contributed by atoms with Crippen molar-refractivity contribution in [2.75, 3.05) is 20.3 Å². The van der Waals surface area contributed by atoms with E-state index in [9.17, 15) is 9.59 Å². The first-order valence-electron chi connectivity index (χ1n) is 3.50. The van der Waals surface area contributed by atoms with Crippen molar-refractivity contribution in [3.63, 3.8) is 0 Å². The molecule has 80 valence electrons. The molecule has 0 heterocycles. The summed E-state index contributed by atoms with van der Waals surface area (Å²) in [5, 5.41) is 2.57. The lowest BCUT2D eigenvalue weighted by Crippen LogP contribution is -2.25. The molecule has 0 aromatic heterocycles. The maximum absolute atomic E-state index is 10.8. The third-order valence-electron chi connectivity index (χ3n) is 1.12. The molecule has 0 unspecified atom stereocenters. The van der Waals surface area contributed by atoms with Gasteiger partial charge in [0.2, 0.25) is 5.91 Å². The molecule has 0 radical (unpaired) electrons. The minimum Gasteiger partial charge on any atom is -0.384 e. The van der Waals surface area contributed by atoms with Crippen LogP contribution in [0.3, 0.4) is 0 Å². The standard InChI is InChI=1S/C7H13NO3.2CH4/c1-11-6-3-7(10)8-4-2-5-9;;/h5H,2-4,6H2,1H3,(H,8,10);2*1H4. The first kappa shape index (κ1) is 18.0. The highest BCUT2D eigenvalue weighted by atomic mass is 16.5. The highest BCUT2D eigenvalue weighted by molar-refractivity contribution is 5.76. The van der Waals surface area contributed by atoms with Crippen molar-refractivity contribution in [1.82, 2.24) is 5.32 Å². The molecule has 0 atom stereocenters. The molecule has 13 heavy (non-hydrogen) atoms. The van der Waals surface area contributed by atoms with Crippen LogP contribution in [0.4, 0.5) is 0 Å². The lowest BCUT2D eigenvalue weighted by Gasteiger charge is -2.00. The second-order valence-electron chi connectivity index (χ2n) is 2.05. The summed E-state index contributed by atoms with van der Waals surface area (Å²) in [6.07, 6.45) is 1.50. The van der Waals surface area contributed by atoms with E-state index < -0.39 is 0 Å². The van der Waals surface area contributed by atoms with Crippen LogP contribution in [0.5, 0.6) is 0 Å². The van der Waals surface area contributed by atoms with Gasteiger partial charge in [-0.3, -0.25) is 4.79 Å². The largest absolute Gasteiger partial charge is 0.384 e. The molecule has 1 N–H and O–H groups in total. The van der Waals surface area contributed by atoms with Crippen molar-refractivity contribution < 1.29 is 14.3 Å². The Bertz CT molecular complexity index is 126. The molecule has 4 heteroatoms. The van der Waals surface area contributed by atoms with Crippen LogP contribution in [0.2, 0.25) is 0 Å². The molecule has 4 nitrogen and oxygen atoms in total. The van der Waals surface area contributed by atoms with Gasteiger partial charge in [-0.15, -0.1) is 0 Å². The zero-order valence-corrected chi connectivity index (χ0v) is 6.63. The average Bonchev–Trinajstić information content (AvgIpc) is 2.01. The maximum atomic E-state index is 10.8. The van der Waals surface area contributed by atoms with Crippen LogP contribution in [0.1, 0.15) is 27.7 Å². The minimum absolute atomic E-state index is 0. The molecule has 0 aliphatic carbocycles. The van der Waals surface area contributed by atoms with Gasteiger partial charge in [-0.05, 0) is 0 Å².